The largest absolute Gasteiger partial charge is 0.421 e. The third kappa shape index (κ3) is 2.86. The summed E-state index contributed by atoms with van der Waals surface area (Å²) in [6.07, 6.45) is 0. The maximum Gasteiger partial charge on any atom is 0.355 e. The smallest absolute Gasteiger partial charge is 0.355 e. The molecule has 0 atom stereocenters. The number of hydrogen-bond donors (Lipinski definition) is 2. The molecule has 2 aromatic carbocycles. The van der Waals surface area contributed by atoms with Crippen molar-refractivity contribution in [1.29, 1.82) is 0 Å². The zero-order valence-corrected chi connectivity index (χ0v) is 16.1. The van der Waals surface area contributed by atoms with Crippen LogP contribution in [-0.4, -0.2) is 16.9 Å². The van der Waals surface area contributed by atoms with Crippen LogP contribution in [0.2, 0.25) is 0 Å². The Morgan fingerprint density at radius 3 is 2.61 bits per heavy atom. The minimum atomic E-state index is -0.669. The van der Waals surface area contributed by atoms with E-state index in [1.54, 1.807) is 24.3 Å². The second-order valence-electron chi connectivity index (χ2n) is 6.52. The molecular formula is C21H17N3O3S. The van der Waals surface area contributed by atoms with Crippen molar-refractivity contribution in [3.63, 3.8) is 0 Å². The molecule has 0 spiro atoms. The van der Waals surface area contributed by atoms with E-state index in [0.717, 1.165) is 22.0 Å². The highest BCUT2D eigenvalue weighted by atomic mass is 32.1. The minimum absolute atomic E-state index is 0.105. The summed E-state index contributed by atoms with van der Waals surface area (Å²) in [5.74, 6) is -1.21. The molecule has 7 heteroatoms. The van der Waals surface area contributed by atoms with Crippen molar-refractivity contribution < 1.29 is 14.3 Å². The Morgan fingerprint density at radius 2 is 1.86 bits per heavy atom. The average molecular weight is 391 g/mol. The number of thiophene rings is 1. The summed E-state index contributed by atoms with van der Waals surface area (Å²) in [5.41, 5.74) is 14.1. The van der Waals surface area contributed by atoms with Gasteiger partial charge in [0.1, 0.15) is 15.5 Å². The number of nitrogen functional groups attached to an aromatic ring is 1. The van der Waals surface area contributed by atoms with Crippen LogP contribution in [0.4, 0.5) is 5.69 Å². The monoisotopic (exact) mass is 391 g/mol. The molecule has 6 nitrogen and oxygen atoms in total. The molecule has 0 aliphatic carbocycles. The Morgan fingerprint density at radius 1 is 1.11 bits per heavy atom. The van der Waals surface area contributed by atoms with Crippen LogP contribution in [0.15, 0.2) is 42.5 Å². The lowest BCUT2D eigenvalue weighted by Gasteiger charge is -2.10. The second-order valence-corrected chi connectivity index (χ2v) is 7.52. The normalized spacial score (nSPS) is 11.1. The first-order valence-electron chi connectivity index (χ1n) is 8.56. The number of rotatable bonds is 3. The van der Waals surface area contributed by atoms with E-state index in [1.807, 2.05) is 32.0 Å². The molecule has 1 amide bonds. The van der Waals surface area contributed by atoms with Gasteiger partial charge in [0.05, 0.1) is 11.3 Å². The van der Waals surface area contributed by atoms with Gasteiger partial charge < -0.3 is 16.2 Å². The van der Waals surface area contributed by atoms with Crippen LogP contribution in [0.5, 0.6) is 5.75 Å². The van der Waals surface area contributed by atoms with Crippen LogP contribution in [0, 0.1) is 13.8 Å². The Hall–Kier alpha value is -3.45. The summed E-state index contributed by atoms with van der Waals surface area (Å²) in [7, 11) is 0. The van der Waals surface area contributed by atoms with E-state index in [1.165, 1.54) is 11.3 Å². The summed E-state index contributed by atoms with van der Waals surface area (Å²) in [6.45, 7) is 3.80. The number of fused-ring (bicyclic) bond motifs is 2. The highest BCUT2D eigenvalue weighted by Crippen LogP contribution is 2.36. The Labute approximate surface area is 164 Å². The van der Waals surface area contributed by atoms with Crippen molar-refractivity contribution in [1.82, 2.24) is 4.98 Å². The zero-order chi connectivity index (χ0) is 20.0. The predicted octanol–water partition coefficient (Wildman–Crippen LogP) is 3.97. The number of nitrogens with zero attached hydrogens (tertiary/aromatic N) is 1. The Balaban J connectivity index is 1.80. The predicted molar refractivity (Wildman–Crippen MR) is 111 cm³/mol. The van der Waals surface area contributed by atoms with E-state index < -0.39 is 11.9 Å². The highest BCUT2D eigenvalue weighted by molar-refractivity contribution is 7.21. The third-order valence-corrected chi connectivity index (χ3v) is 5.63. The van der Waals surface area contributed by atoms with E-state index in [0.29, 0.717) is 15.9 Å². The molecule has 4 rings (SSSR count). The molecule has 4 N–H and O–H groups in total. The first kappa shape index (κ1) is 17.9. The van der Waals surface area contributed by atoms with Crippen LogP contribution in [0.3, 0.4) is 0 Å². The lowest BCUT2D eigenvalue weighted by atomic mass is 10.0. The quantitative estimate of drug-likeness (QED) is 0.406. The third-order valence-electron chi connectivity index (χ3n) is 4.55. The van der Waals surface area contributed by atoms with Crippen molar-refractivity contribution in [2.24, 2.45) is 5.73 Å². The van der Waals surface area contributed by atoms with Gasteiger partial charge in [0.25, 0.3) is 5.91 Å². The minimum Gasteiger partial charge on any atom is -0.421 e. The molecule has 0 unspecified atom stereocenters. The maximum absolute atomic E-state index is 12.8. The zero-order valence-electron chi connectivity index (χ0n) is 15.3. The number of hydrogen-bond acceptors (Lipinski definition) is 6. The number of carbonyl (C=O) groups is 2. The van der Waals surface area contributed by atoms with Crippen molar-refractivity contribution in [3.05, 3.63) is 64.2 Å². The van der Waals surface area contributed by atoms with Gasteiger partial charge in [0.15, 0.2) is 0 Å². The van der Waals surface area contributed by atoms with E-state index in [9.17, 15) is 9.59 Å². The molecule has 4 aromatic rings. The van der Waals surface area contributed by atoms with E-state index in [2.05, 4.69) is 4.98 Å². The second kappa shape index (κ2) is 6.61. The molecule has 2 heterocycles. The average Bonchev–Trinajstić information content (AvgIpc) is 2.97. The molecule has 0 aliphatic rings. The number of aryl methyl sites for hydroxylation is 2. The van der Waals surface area contributed by atoms with Gasteiger partial charge in [-0.05, 0) is 42.3 Å². The number of esters is 1. The van der Waals surface area contributed by atoms with E-state index in [-0.39, 0.29) is 16.2 Å². The molecular weight excluding hydrogens is 374 g/mol. The molecule has 0 bridgehead atoms. The number of nitrogens with two attached hydrogens (primary N) is 2. The Kier molecular flexibility index (Phi) is 4.24. The summed E-state index contributed by atoms with van der Waals surface area (Å²) in [5, 5.41) is 2.20. The number of carbonyl (C=O) groups excluding carboxylic acids is 2. The first-order chi connectivity index (χ1) is 13.4. The number of benzene rings is 2. The van der Waals surface area contributed by atoms with Crippen molar-refractivity contribution >= 4 is 49.9 Å². The lowest BCUT2D eigenvalue weighted by molar-refractivity contribution is 0.0739. The molecule has 0 radical (unpaired) electrons. The molecule has 2 aromatic heterocycles. The van der Waals surface area contributed by atoms with Gasteiger partial charge in [0.2, 0.25) is 0 Å². The van der Waals surface area contributed by atoms with Crippen molar-refractivity contribution in [3.8, 4) is 5.75 Å². The molecule has 28 heavy (non-hydrogen) atoms. The van der Waals surface area contributed by atoms with Crippen LogP contribution >= 0.6 is 11.3 Å². The van der Waals surface area contributed by atoms with Gasteiger partial charge in [0, 0.05) is 11.1 Å². The van der Waals surface area contributed by atoms with Gasteiger partial charge >= 0.3 is 5.97 Å². The van der Waals surface area contributed by atoms with Crippen LogP contribution < -0.4 is 16.2 Å². The SMILES string of the molecule is Cc1cc(C)c2c(N)c(C(=O)Oc3ccc4ccccc4c3C(N)=O)sc2n1. The number of primary amides is 1. The number of anilines is 1. The summed E-state index contributed by atoms with van der Waals surface area (Å²) >= 11 is 1.17. The number of pyridine rings is 1. The first-order valence-corrected chi connectivity index (χ1v) is 9.38. The van der Waals surface area contributed by atoms with Gasteiger partial charge in [-0.2, -0.15) is 0 Å². The van der Waals surface area contributed by atoms with Crippen molar-refractivity contribution in [2.45, 2.75) is 13.8 Å². The van der Waals surface area contributed by atoms with Gasteiger partial charge in [-0.1, -0.05) is 30.3 Å². The molecule has 0 saturated carbocycles. The van der Waals surface area contributed by atoms with Crippen LogP contribution in [0.1, 0.15) is 31.3 Å². The fraction of sp³-hybridized carbons (Fsp3) is 0.0952. The topological polar surface area (TPSA) is 108 Å². The molecule has 140 valence electrons. The number of aromatic nitrogens is 1. The molecule has 0 fully saturated rings. The number of amides is 1. The fourth-order valence-electron chi connectivity index (χ4n) is 3.36. The highest BCUT2D eigenvalue weighted by Gasteiger charge is 2.23. The van der Waals surface area contributed by atoms with E-state index in [4.69, 9.17) is 16.2 Å². The summed E-state index contributed by atoms with van der Waals surface area (Å²) in [6, 6.07) is 12.5. The van der Waals surface area contributed by atoms with Gasteiger partial charge in [-0.25, -0.2) is 9.78 Å². The summed E-state index contributed by atoms with van der Waals surface area (Å²) < 4.78 is 5.54. The standard InChI is InChI=1S/C21H17N3O3S/c1-10-9-11(2)24-20-15(10)17(22)18(28-20)21(26)27-14-8-7-12-5-3-4-6-13(12)16(14)19(23)25/h3-9H,22H2,1-2H3,(H2,23,25). The van der Waals surface area contributed by atoms with Crippen LogP contribution in [-0.2, 0) is 0 Å². The van der Waals surface area contributed by atoms with E-state index >= 15 is 0 Å². The number of ether oxygens (including phenoxy) is 1. The lowest BCUT2D eigenvalue weighted by Crippen LogP contribution is -2.16. The van der Waals surface area contributed by atoms with Gasteiger partial charge in [-0.3, -0.25) is 4.79 Å². The molecule has 0 saturated heterocycles. The summed E-state index contributed by atoms with van der Waals surface area (Å²) in [4.78, 5) is 30.3. The maximum atomic E-state index is 12.8. The van der Waals surface area contributed by atoms with Crippen molar-refractivity contribution in [2.75, 3.05) is 5.73 Å². The fourth-order valence-corrected chi connectivity index (χ4v) is 4.45. The van der Waals surface area contributed by atoms with Gasteiger partial charge in [-0.15, -0.1) is 11.3 Å². The Bertz CT molecular complexity index is 1280. The molecule has 0 aliphatic heterocycles. The van der Waals surface area contributed by atoms with Crippen LogP contribution in [0.25, 0.3) is 21.0 Å².